The van der Waals surface area contributed by atoms with E-state index in [4.69, 9.17) is 0 Å². The lowest BCUT2D eigenvalue weighted by Gasteiger charge is -2.22. The molecule has 0 saturated carbocycles. The Hall–Kier alpha value is -1.65. The third-order valence-corrected chi connectivity index (χ3v) is 3.70. The molecule has 0 radical (unpaired) electrons. The number of hydrogen-bond donors (Lipinski definition) is 2. The molecule has 1 aromatic heterocycles. The first-order chi connectivity index (χ1) is 9.38. The van der Waals surface area contributed by atoms with Gasteiger partial charge in [0.2, 0.25) is 0 Å². The third kappa shape index (κ3) is 3.46. The van der Waals surface area contributed by atoms with Crippen LogP contribution in [0.5, 0.6) is 0 Å². The zero-order chi connectivity index (χ0) is 14.8. The number of hydrogen-bond acceptors (Lipinski definition) is 3. The molecule has 0 bridgehead atoms. The lowest BCUT2D eigenvalue weighted by molar-refractivity contribution is 0.0566. The second kappa shape index (κ2) is 5.77. The molecule has 4 nitrogen and oxygen atoms in total. The van der Waals surface area contributed by atoms with Crippen LogP contribution in [0.15, 0.2) is 30.6 Å². The first-order valence-corrected chi connectivity index (χ1v) is 6.87. The van der Waals surface area contributed by atoms with Crippen LogP contribution in [-0.4, -0.2) is 21.4 Å². The van der Waals surface area contributed by atoms with Crippen molar-refractivity contribution in [2.45, 2.75) is 32.9 Å². The molecule has 1 atom stereocenters. The Morgan fingerprint density at radius 1 is 1.30 bits per heavy atom. The largest absolute Gasteiger partial charge is 0.384 e. The van der Waals surface area contributed by atoms with Crippen LogP contribution in [0.4, 0.5) is 0 Å². The van der Waals surface area contributed by atoms with Gasteiger partial charge in [-0.15, -0.1) is 0 Å². The maximum Gasteiger partial charge on any atom is 0.102 e. The number of aliphatic hydroxyl groups is 1. The average Bonchev–Trinajstić information content (AvgIpc) is 2.81. The van der Waals surface area contributed by atoms with Crippen LogP contribution in [0, 0.1) is 13.8 Å². The van der Waals surface area contributed by atoms with Gasteiger partial charge in [0.25, 0.3) is 0 Å². The fraction of sp³-hybridized carbons (Fsp3) is 0.438. The van der Waals surface area contributed by atoms with E-state index in [1.54, 1.807) is 17.8 Å². The lowest BCUT2D eigenvalue weighted by atomic mass is 9.99. The summed E-state index contributed by atoms with van der Waals surface area (Å²) in [4.78, 5) is 0. The topological polar surface area (TPSA) is 50.1 Å². The molecule has 2 aromatic rings. The minimum absolute atomic E-state index is 0.492. The van der Waals surface area contributed by atoms with Crippen molar-refractivity contribution in [3.8, 4) is 0 Å². The molecule has 0 spiro atoms. The van der Waals surface area contributed by atoms with E-state index in [1.165, 1.54) is 16.7 Å². The van der Waals surface area contributed by atoms with Gasteiger partial charge < -0.3 is 10.4 Å². The zero-order valence-electron chi connectivity index (χ0n) is 12.6. The summed E-state index contributed by atoms with van der Waals surface area (Å²) in [6, 6.07) is 6.43. The summed E-state index contributed by atoms with van der Waals surface area (Å²) in [5, 5.41) is 17.9. The number of nitrogens with zero attached hydrogens (tertiary/aromatic N) is 2. The van der Waals surface area contributed by atoms with Crippen molar-refractivity contribution in [3.63, 3.8) is 0 Å². The third-order valence-electron chi connectivity index (χ3n) is 3.70. The van der Waals surface area contributed by atoms with Gasteiger partial charge in [-0.2, -0.15) is 5.10 Å². The van der Waals surface area contributed by atoms with Crippen molar-refractivity contribution in [2.24, 2.45) is 7.05 Å². The lowest BCUT2D eigenvalue weighted by Crippen LogP contribution is -2.34. The summed E-state index contributed by atoms with van der Waals surface area (Å²) < 4.78 is 1.70. The van der Waals surface area contributed by atoms with E-state index in [0.717, 1.165) is 12.1 Å². The highest BCUT2D eigenvalue weighted by Crippen LogP contribution is 2.18. The molecule has 2 N–H and O–H groups in total. The summed E-state index contributed by atoms with van der Waals surface area (Å²) in [6.45, 7) is 7.27. The van der Waals surface area contributed by atoms with Gasteiger partial charge in [-0.1, -0.05) is 18.2 Å². The summed E-state index contributed by atoms with van der Waals surface area (Å²) in [5.74, 6) is 0. The fourth-order valence-electron chi connectivity index (χ4n) is 2.17. The van der Waals surface area contributed by atoms with Gasteiger partial charge in [-0.3, -0.25) is 4.68 Å². The van der Waals surface area contributed by atoms with Crippen molar-refractivity contribution in [1.29, 1.82) is 0 Å². The molecule has 20 heavy (non-hydrogen) atoms. The molecular formula is C16H23N3O. The molecule has 2 rings (SSSR count). The van der Waals surface area contributed by atoms with Crippen LogP contribution >= 0.6 is 0 Å². The summed E-state index contributed by atoms with van der Waals surface area (Å²) in [7, 11) is 1.85. The number of rotatable bonds is 5. The maximum atomic E-state index is 10.5. The second-order valence-electron chi connectivity index (χ2n) is 5.70. The van der Waals surface area contributed by atoms with E-state index in [9.17, 15) is 5.11 Å². The molecule has 1 aromatic carbocycles. The molecule has 1 heterocycles. The Morgan fingerprint density at radius 2 is 2.05 bits per heavy atom. The van der Waals surface area contributed by atoms with E-state index in [0.29, 0.717) is 6.54 Å². The Bertz CT molecular complexity index is 587. The molecule has 1 unspecified atom stereocenters. The summed E-state index contributed by atoms with van der Waals surface area (Å²) >= 11 is 0. The Balaban J connectivity index is 1.93. The van der Waals surface area contributed by atoms with Crippen LogP contribution in [0.3, 0.4) is 0 Å². The van der Waals surface area contributed by atoms with Crippen LogP contribution in [0.2, 0.25) is 0 Å². The Labute approximate surface area is 120 Å². The van der Waals surface area contributed by atoms with Crippen molar-refractivity contribution in [3.05, 3.63) is 52.8 Å². The number of aromatic nitrogens is 2. The molecular weight excluding hydrogens is 250 g/mol. The average molecular weight is 273 g/mol. The predicted molar refractivity (Wildman–Crippen MR) is 80.4 cm³/mol. The molecule has 0 saturated heterocycles. The van der Waals surface area contributed by atoms with Gasteiger partial charge in [0.1, 0.15) is 5.60 Å². The van der Waals surface area contributed by atoms with E-state index < -0.39 is 5.60 Å². The SMILES string of the molecule is Cc1ccc(CNCC(C)(O)c2cnn(C)c2)cc1C. The monoisotopic (exact) mass is 273 g/mol. The van der Waals surface area contributed by atoms with E-state index >= 15 is 0 Å². The van der Waals surface area contributed by atoms with Crippen molar-refractivity contribution < 1.29 is 5.11 Å². The van der Waals surface area contributed by atoms with Gasteiger partial charge >= 0.3 is 0 Å². The minimum Gasteiger partial charge on any atom is -0.384 e. The van der Waals surface area contributed by atoms with Gasteiger partial charge in [-0.25, -0.2) is 0 Å². The fourth-order valence-corrected chi connectivity index (χ4v) is 2.17. The predicted octanol–water partition coefficient (Wildman–Crippen LogP) is 2.03. The van der Waals surface area contributed by atoms with E-state index in [-0.39, 0.29) is 0 Å². The highest BCUT2D eigenvalue weighted by molar-refractivity contribution is 5.29. The van der Waals surface area contributed by atoms with Crippen LogP contribution in [0.25, 0.3) is 0 Å². The number of aryl methyl sites for hydroxylation is 3. The van der Waals surface area contributed by atoms with Crippen molar-refractivity contribution in [1.82, 2.24) is 15.1 Å². The number of nitrogens with one attached hydrogen (secondary N) is 1. The van der Waals surface area contributed by atoms with Gasteiger partial charge in [-0.05, 0) is 37.5 Å². The molecule has 4 heteroatoms. The maximum absolute atomic E-state index is 10.5. The molecule has 0 amide bonds. The molecule has 0 aliphatic rings. The standard InChI is InChI=1S/C16H23N3O/c1-12-5-6-14(7-13(12)2)8-17-11-16(3,20)15-9-18-19(4)10-15/h5-7,9-10,17,20H,8,11H2,1-4H3. The second-order valence-corrected chi connectivity index (χ2v) is 5.70. The first-order valence-electron chi connectivity index (χ1n) is 6.87. The van der Waals surface area contributed by atoms with Crippen LogP contribution in [0.1, 0.15) is 29.2 Å². The molecule has 0 aliphatic heterocycles. The normalized spacial score (nSPS) is 14.2. The van der Waals surface area contributed by atoms with E-state index in [2.05, 4.69) is 42.5 Å². The molecule has 108 valence electrons. The van der Waals surface area contributed by atoms with Crippen molar-refractivity contribution >= 4 is 0 Å². The zero-order valence-corrected chi connectivity index (χ0v) is 12.6. The summed E-state index contributed by atoms with van der Waals surface area (Å²) in [6.07, 6.45) is 3.55. The highest BCUT2D eigenvalue weighted by Gasteiger charge is 2.24. The van der Waals surface area contributed by atoms with Crippen LogP contribution < -0.4 is 5.32 Å². The Morgan fingerprint density at radius 3 is 2.65 bits per heavy atom. The van der Waals surface area contributed by atoms with Gasteiger partial charge in [0.15, 0.2) is 0 Å². The summed E-state index contributed by atoms with van der Waals surface area (Å²) in [5.41, 5.74) is 3.75. The Kier molecular flexibility index (Phi) is 4.26. The molecule has 0 aliphatic carbocycles. The molecule has 0 fully saturated rings. The smallest absolute Gasteiger partial charge is 0.102 e. The van der Waals surface area contributed by atoms with Gasteiger partial charge in [0, 0.05) is 31.9 Å². The van der Waals surface area contributed by atoms with E-state index in [1.807, 2.05) is 13.2 Å². The van der Waals surface area contributed by atoms with Gasteiger partial charge in [0.05, 0.1) is 6.20 Å². The first kappa shape index (κ1) is 14.8. The van der Waals surface area contributed by atoms with Crippen LogP contribution in [-0.2, 0) is 19.2 Å². The number of benzene rings is 1. The van der Waals surface area contributed by atoms with Crippen molar-refractivity contribution in [2.75, 3.05) is 6.54 Å². The highest BCUT2D eigenvalue weighted by atomic mass is 16.3. The quantitative estimate of drug-likeness (QED) is 0.876. The minimum atomic E-state index is -0.909.